The molecule has 4 aromatic heterocycles. The number of pyridine rings is 2. The van der Waals surface area contributed by atoms with Crippen LogP contribution in [0.2, 0.25) is 0 Å². The van der Waals surface area contributed by atoms with Crippen molar-refractivity contribution < 1.29 is 14.6 Å². The summed E-state index contributed by atoms with van der Waals surface area (Å²) in [5.41, 5.74) is 5.53. The van der Waals surface area contributed by atoms with Gasteiger partial charge in [0, 0.05) is 48.3 Å². The Hall–Kier alpha value is -5.00. The Labute approximate surface area is 285 Å². The zero-order valence-corrected chi connectivity index (χ0v) is 29.7. The molecular weight excluding hydrogens is 620 g/mol. The highest BCUT2D eigenvalue weighted by Crippen LogP contribution is 2.47. The van der Waals surface area contributed by atoms with Crippen LogP contribution in [-0.2, 0) is 6.42 Å². The summed E-state index contributed by atoms with van der Waals surface area (Å²) in [5.74, 6) is 1.11. The van der Waals surface area contributed by atoms with Gasteiger partial charge < -0.3 is 14.7 Å². The van der Waals surface area contributed by atoms with E-state index in [2.05, 4.69) is 35.9 Å². The Morgan fingerprint density at radius 1 is 1.14 bits per heavy atom. The molecule has 0 spiro atoms. The molecule has 2 aliphatic rings. The van der Waals surface area contributed by atoms with E-state index in [9.17, 15) is 14.7 Å². The van der Waals surface area contributed by atoms with Gasteiger partial charge in [0.15, 0.2) is 5.65 Å². The van der Waals surface area contributed by atoms with Crippen LogP contribution in [0.5, 0.6) is 5.75 Å². The van der Waals surface area contributed by atoms with Gasteiger partial charge in [-0.25, -0.2) is 19.1 Å². The van der Waals surface area contributed by atoms with Crippen LogP contribution in [0.1, 0.15) is 76.8 Å². The van der Waals surface area contributed by atoms with Crippen LogP contribution < -0.4 is 15.3 Å². The number of anilines is 1. The van der Waals surface area contributed by atoms with Gasteiger partial charge >= 0.3 is 11.8 Å². The van der Waals surface area contributed by atoms with Gasteiger partial charge in [0.2, 0.25) is 0 Å². The number of nitrogens with one attached hydrogen (secondary N) is 1. The average molecular weight is 665 g/mol. The van der Waals surface area contributed by atoms with Gasteiger partial charge in [-0.3, -0.25) is 15.0 Å². The number of aryl methyl sites for hydroxylation is 2. The Kier molecular flexibility index (Phi) is 7.49. The molecule has 0 unspecified atom stereocenters. The molecule has 12 heteroatoms. The number of rotatable bonds is 4. The van der Waals surface area contributed by atoms with E-state index in [4.69, 9.17) is 19.7 Å². The summed E-state index contributed by atoms with van der Waals surface area (Å²) in [6.07, 6.45) is 3.24. The van der Waals surface area contributed by atoms with Crippen LogP contribution in [0.3, 0.4) is 0 Å². The summed E-state index contributed by atoms with van der Waals surface area (Å²) in [5, 5.41) is 19.3. The molecule has 2 aliphatic heterocycles. The molecule has 256 valence electrons. The van der Waals surface area contributed by atoms with Gasteiger partial charge in [0.1, 0.15) is 17.0 Å². The number of hydrogen-bond acceptors (Lipinski definition) is 8. The predicted octanol–water partition coefficient (Wildman–Crippen LogP) is 6.39. The van der Waals surface area contributed by atoms with Crippen molar-refractivity contribution in [1.29, 1.82) is 0 Å². The van der Waals surface area contributed by atoms with E-state index >= 15 is 0 Å². The van der Waals surface area contributed by atoms with Crippen molar-refractivity contribution in [1.82, 2.24) is 34.6 Å². The second kappa shape index (κ2) is 11.3. The molecule has 1 amide bonds. The lowest BCUT2D eigenvalue weighted by Gasteiger charge is -2.56. The molecule has 49 heavy (non-hydrogen) atoms. The third kappa shape index (κ3) is 4.86. The van der Waals surface area contributed by atoms with E-state index in [-0.39, 0.29) is 18.5 Å². The fraction of sp³-hybridized carbons (Fsp3) is 0.459. The average Bonchev–Trinajstić information content (AvgIpc) is 3.71. The first kappa shape index (κ1) is 32.5. The van der Waals surface area contributed by atoms with Crippen molar-refractivity contribution in [3.8, 4) is 22.7 Å². The summed E-state index contributed by atoms with van der Waals surface area (Å²) in [7, 11) is 0. The standard InChI is InChI=1S/C37H44N8O4/c1-19(2)28-30(21(4)12-14-38-28)45-33-27(31-23(13-15-49-31)29(40-33)26-20(3)10-11-25-24(26)16-39-42-25)32(41-34(45)46)43-18-37(9,36(6,7)8)44(35(47)48)17-22(43)5/h10-12,14,16,19,22H,13,15,17-18H2,1-9H3,(H,39,42)(H,47,48)/t22-,37-/m0/s1. The first-order chi connectivity index (χ1) is 23.1. The van der Waals surface area contributed by atoms with E-state index in [1.54, 1.807) is 10.8 Å². The number of nitrogens with zero attached hydrogens (tertiary/aromatic N) is 7. The lowest BCUT2D eigenvalue weighted by atomic mass is 9.71. The van der Waals surface area contributed by atoms with Crippen LogP contribution in [-0.4, -0.2) is 77.1 Å². The fourth-order valence-corrected chi connectivity index (χ4v) is 7.58. The lowest BCUT2D eigenvalue weighted by Crippen LogP contribution is -2.70. The smallest absolute Gasteiger partial charge is 0.407 e. The third-order valence-electron chi connectivity index (χ3n) is 10.8. The molecule has 0 bridgehead atoms. The highest BCUT2D eigenvalue weighted by Gasteiger charge is 2.51. The first-order valence-electron chi connectivity index (χ1n) is 16.9. The first-order valence-corrected chi connectivity index (χ1v) is 16.9. The molecule has 12 nitrogen and oxygen atoms in total. The van der Waals surface area contributed by atoms with E-state index in [1.165, 1.54) is 4.90 Å². The normalized spacial score (nSPS) is 19.6. The van der Waals surface area contributed by atoms with Crippen molar-refractivity contribution >= 4 is 33.8 Å². The summed E-state index contributed by atoms with van der Waals surface area (Å²) < 4.78 is 8.13. The molecule has 5 aromatic rings. The van der Waals surface area contributed by atoms with Gasteiger partial charge in [-0.1, -0.05) is 40.7 Å². The maximum absolute atomic E-state index is 14.6. The highest BCUT2D eigenvalue weighted by atomic mass is 16.5. The van der Waals surface area contributed by atoms with Gasteiger partial charge in [-0.2, -0.15) is 10.1 Å². The zero-order valence-electron chi connectivity index (χ0n) is 29.7. The Morgan fingerprint density at radius 2 is 1.90 bits per heavy atom. The molecule has 1 fully saturated rings. The van der Waals surface area contributed by atoms with Crippen LogP contribution in [0, 0.1) is 19.3 Å². The van der Waals surface area contributed by atoms with Crippen molar-refractivity contribution in [2.45, 2.75) is 86.2 Å². The second-order valence-corrected chi connectivity index (χ2v) is 15.1. The maximum atomic E-state index is 14.6. The maximum Gasteiger partial charge on any atom is 0.407 e. The molecule has 6 heterocycles. The molecule has 2 N–H and O–H groups in total. The number of aromatic amines is 1. The topological polar surface area (TPSA) is 142 Å². The molecule has 2 atom stereocenters. The zero-order chi connectivity index (χ0) is 35.2. The molecule has 7 rings (SSSR count). The minimum atomic E-state index is -0.968. The van der Waals surface area contributed by atoms with Gasteiger partial charge in [-0.15, -0.1) is 0 Å². The summed E-state index contributed by atoms with van der Waals surface area (Å²) in [6.45, 7) is 19.2. The van der Waals surface area contributed by atoms with Gasteiger partial charge in [0.25, 0.3) is 0 Å². The van der Waals surface area contributed by atoms with Crippen molar-refractivity contribution in [3.63, 3.8) is 0 Å². The number of hydrogen-bond donors (Lipinski definition) is 2. The lowest BCUT2D eigenvalue weighted by molar-refractivity contribution is -0.00148. The van der Waals surface area contributed by atoms with Crippen molar-refractivity contribution in [3.05, 3.63) is 63.5 Å². The third-order valence-corrected chi connectivity index (χ3v) is 10.8. The molecule has 0 radical (unpaired) electrons. The molecule has 1 aromatic carbocycles. The Morgan fingerprint density at radius 3 is 2.59 bits per heavy atom. The molecule has 0 saturated carbocycles. The van der Waals surface area contributed by atoms with E-state index in [1.807, 2.05) is 65.9 Å². The number of carbonyl (C=O) groups is 1. The number of H-pyrrole nitrogens is 1. The summed E-state index contributed by atoms with van der Waals surface area (Å²) >= 11 is 0. The minimum Gasteiger partial charge on any atom is -0.492 e. The van der Waals surface area contributed by atoms with Crippen LogP contribution in [0.25, 0.3) is 38.9 Å². The highest BCUT2D eigenvalue weighted by molar-refractivity contribution is 6.02. The number of amides is 1. The van der Waals surface area contributed by atoms with E-state index in [0.717, 1.165) is 44.5 Å². The fourth-order valence-electron chi connectivity index (χ4n) is 7.58. The predicted molar refractivity (Wildman–Crippen MR) is 190 cm³/mol. The monoisotopic (exact) mass is 664 g/mol. The number of fused-ring (bicyclic) bond motifs is 4. The Bertz CT molecular complexity index is 2210. The number of carboxylic acid groups (broad SMARTS) is 1. The SMILES string of the molecule is Cc1ccnc(C(C)C)c1-n1c(=O)nc(N2C[C@@](C)(C(C)(C)C)N(C(=O)O)C[C@@H]2C)c2c3c(c(-c4c(C)ccc5[nH]ncc45)nc21)CCO3. The molecule has 1 saturated heterocycles. The number of piperazine rings is 1. The van der Waals surface area contributed by atoms with E-state index in [0.29, 0.717) is 47.9 Å². The van der Waals surface area contributed by atoms with Crippen LogP contribution >= 0.6 is 0 Å². The van der Waals surface area contributed by atoms with Crippen molar-refractivity contribution in [2.24, 2.45) is 5.41 Å². The van der Waals surface area contributed by atoms with Gasteiger partial charge in [-0.05, 0) is 62.3 Å². The molecule has 0 aliphatic carbocycles. The minimum absolute atomic E-state index is 0.0141. The number of aromatic nitrogens is 6. The van der Waals surface area contributed by atoms with Crippen LogP contribution in [0.15, 0.2) is 35.4 Å². The van der Waals surface area contributed by atoms with Crippen molar-refractivity contribution in [2.75, 3.05) is 24.6 Å². The summed E-state index contributed by atoms with van der Waals surface area (Å²) in [6, 6.07) is 5.67. The number of ether oxygens (including phenoxy) is 1. The van der Waals surface area contributed by atoms with E-state index < -0.39 is 22.7 Å². The number of benzene rings is 1. The largest absolute Gasteiger partial charge is 0.492 e. The van der Waals surface area contributed by atoms with Crippen LogP contribution in [0.4, 0.5) is 10.6 Å². The quantitative estimate of drug-likeness (QED) is 0.224. The summed E-state index contributed by atoms with van der Waals surface area (Å²) in [4.78, 5) is 45.9. The second-order valence-electron chi connectivity index (χ2n) is 15.1. The Balaban J connectivity index is 1.61. The van der Waals surface area contributed by atoms with Gasteiger partial charge in [0.05, 0.1) is 40.9 Å². The molecular formula is C37H44N8O4.